The topological polar surface area (TPSA) is 55.4 Å². The number of rotatable bonds is 4. The van der Waals surface area contributed by atoms with E-state index in [1.165, 1.54) is 0 Å². The van der Waals surface area contributed by atoms with Crippen LogP contribution >= 0.6 is 0 Å². The van der Waals surface area contributed by atoms with E-state index in [9.17, 15) is 9.59 Å². The maximum atomic E-state index is 12.0. The van der Waals surface area contributed by atoms with E-state index < -0.39 is 0 Å². The van der Waals surface area contributed by atoms with Gasteiger partial charge in [-0.3, -0.25) is 9.59 Å². The molecule has 4 unspecified atom stereocenters. The highest BCUT2D eigenvalue weighted by atomic mass is 16.5. The van der Waals surface area contributed by atoms with Crippen molar-refractivity contribution in [3.63, 3.8) is 0 Å². The van der Waals surface area contributed by atoms with Gasteiger partial charge in [-0.05, 0) is 19.8 Å². The molecule has 1 amide bonds. The fourth-order valence-corrected chi connectivity index (χ4v) is 2.21. The summed E-state index contributed by atoms with van der Waals surface area (Å²) in [4.78, 5) is 23.4. The number of ketones is 1. The minimum atomic E-state index is -0.148. The van der Waals surface area contributed by atoms with Crippen molar-refractivity contribution in [3.05, 3.63) is 0 Å². The van der Waals surface area contributed by atoms with Crippen molar-refractivity contribution in [2.45, 2.75) is 46.8 Å². The van der Waals surface area contributed by atoms with Crippen LogP contribution in [0.15, 0.2) is 0 Å². The fourth-order valence-electron chi connectivity index (χ4n) is 2.21. The quantitative estimate of drug-likeness (QED) is 0.809. The van der Waals surface area contributed by atoms with Crippen LogP contribution in [0.2, 0.25) is 0 Å². The third kappa shape index (κ3) is 3.28. The molecule has 1 heterocycles. The molecule has 98 valence electrons. The molecule has 4 nitrogen and oxygen atoms in total. The van der Waals surface area contributed by atoms with Crippen LogP contribution in [0.4, 0.5) is 0 Å². The largest absolute Gasteiger partial charge is 0.374 e. The van der Waals surface area contributed by atoms with Gasteiger partial charge in [0.1, 0.15) is 0 Å². The zero-order chi connectivity index (χ0) is 13.2. The average Bonchev–Trinajstić information content (AvgIpc) is 2.49. The van der Waals surface area contributed by atoms with Crippen LogP contribution in [0, 0.1) is 17.8 Å². The van der Waals surface area contributed by atoms with Crippen molar-refractivity contribution in [3.8, 4) is 0 Å². The van der Waals surface area contributed by atoms with Crippen LogP contribution in [-0.2, 0) is 14.3 Å². The molecule has 1 fully saturated rings. The van der Waals surface area contributed by atoms with Gasteiger partial charge in [0.05, 0.1) is 24.7 Å². The molecule has 0 aromatic heterocycles. The predicted molar refractivity (Wildman–Crippen MR) is 65.5 cm³/mol. The third-order valence-electron chi connectivity index (χ3n) is 3.63. The molecule has 0 spiro atoms. The monoisotopic (exact) mass is 241 g/mol. The van der Waals surface area contributed by atoms with Crippen molar-refractivity contribution in [1.29, 1.82) is 0 Å². The second-order valence-electron chi connectivity index (χ2n) is 5.27. The highest BCUT2D eigenvalue weighted by molar-refractivity contribution is 5.88. The van der Waals surface area contributed by atoms with Gasteiger partial charge >= 0.3 is 0 Å². The van der Waals surface area contributed by atoms with Gasteiger partial charge in [-0.15, -0.1) is 0 Å². The molecule has 0 bridgehead atoms. The van der Waals surface area contributed by atoms with Gasteiger partial charge in [-0.1, -0.05) is 20.8 Å². The number of carbonyl (C=O) groups excluding carboxylic acids is 2. The third-order valence-corrected chi connectivity index (χ3v) is 3.63. The van der Waals surface area contributed by atoms with Crippen LogP contribution in [0.3, 0.4) is 0 Å². The Balaban J connectivity index is 2.51. The molecule has 1 rings (SSSR count). The second-order valence-corrected chi connectivity index (χ2v) is 5.27. The fraction of sp³-hybridized carbons (Fsp3) is 0.846. The molecule has 0 aromatic rings. The Labute approximate surface area is 103 Å². The number of ether oxygens (including phenoxy) is 1. The number of carbonyl (C=O) groups is 2. The maximum absolute atomic E-state index is 12.0. The lowest BCUT2D eigenvalue weighted by Crippen LogP contribution is -2.40. The summed E-state index contributed by atoms with van der Waals surface area (Å²) in [6.07, 6.45) is 0.0238. The first kappa shape index (κ1) is 14.2. The lowest BCUT2D eigenvalue weighted by molar-refractivity contribution is -0.130. The summed E-state index contributed by atoms with van der Waals surface area (Å²) in [5.41, 5.74) is 0. The van der Waals surface area contributed by atoms with Gasteiger partial charge < -0.3 is 10.1 Å². The van der Waals surface area contributed by atoms with Crippen molar-refractivity contribution in [2.24, 2.45) is 17.8 Å². The molecule has 0 saturated carbocycles. The van der Waals surface area contributed by atoms with Crippen molar-refractivity contribution in [1.82, 2.24) is 5.32 Å². The molecule has 0 aromatic carbocycles. The molecule has 1 N–H and O–H groups in total. The summed E-state index contributed by atoms with van der Waals surface area (Å²) >= 11 is 0. The molecule has 1 aliphatic heterocycles. The molecular formula is C13H23NO3. The van der Waals surface area contributed by atoms with Gasteiger partial charge in [-0.25, -0.2) is 0 Å². The highest BCUT2D eigenvalue weighted by Crippen LogP contribution is 2.32. The van der Waals surface area contributed by atoms with E-state index in [0.717, 1.165) is 0 Å². The Kier molecular flexibility index (Phi) is 4.69. The lowest BCUT2D eigenvalue weighted by Gasteiger charge is -2.18. The van der Waals surface area contributed by atoms with E-state index in [1.807, 2.05) is 34.6 Å². The molecule has 4 heteroatoms. The van der Waals surface area contributed by atoms with Crippen molar-refractivity contribution < 1.29 is 14.3 Å². The van der Waals surface area contributed by atoms with E-state index in [4.69, 9.17) is 4.74 Å². The molecular weight excluding hydrogens is 218 g/mol. The second kappa shape index (κ2) is 5.63. The smallest absolute Gasteiger partial charge is 0.226 e. The molecule has 1 aliphatic rings. The zero-order valence-electron chi connectivity index (χ0n) is 11.3. The molecule has 4 atom stereocenters. The van der Waals surface area contributed by atoms with E-state index >= 15 is 0 Å². The van der Waals surface area contributed by atoms with Crippen LogP contribution in [0.5, 0.6) is 0 Å². The number of nitrogens with one attached hydrogen (secondary N) is 1. The zero-order valence-corrected chi connectivity index (χ0v) is 11.3. The summed E-state index contributed by atoms with van der Waals surface area (Å²) in [7, 11) is 0. The van der Waals surface area contributed by atoms with E-state index in [0.29, 0.717) is 0 Å². The van der Waals surface area contributed by atoms with E-state index in [-0.39, 0.29) is 48.2 Å². The summed E-state index contributed by atoms with van der Waals surface area (Å²) in [5.74, 6) is 0.00184. The molecule has 0 radical (unpaired) electrons. The summed E-state index contributed by atoms with van der Waals surface area (Å²) in [6.45, 7) is 9.70. The minimum absolute atomic E-state index is 0.0381. The van der Waals surface area contributed by atoms with Crippen molar-refractivity contribution >= 4 is 11.7 Å². The Morgan fingerprint density at radius 1 is 1.18 bits per heavy atom. The molecule has 0 aliphatic carbocycles. The van der Waals surface area contributed by atoms with Crippen LogP contribution in [0.25, 0.3) is 0 Å². The first-order valence-corrected chi connectivity index (χ1v) is 6.30. The SMILES string of the molecule is CC(C)C(=O)CNC(=O)C1C(C)OC(C)C1C. The minimum Gasteiger partial charge on any atom is -0.374 e. The summed E-state index contributed by atoms with van der Waals surface area (Å²) in [6, 6.07) is 0. The lowest BCUT2D eigenvalue weighted by atomic mass is 9.89. The van der Waals surface area contributed by atoms with Crippen LogP contribution in [0.1, 0.15) is 34.6 Å². The summed E-state index contributed by atoms with van der Waals surface area (Å²) in [5, 5.41) is 2.72. The standard InChI is InChI=1S/C13H23NO3/c1-7(2)11(15)6-14-13(16)12-8(3)9(4)17-10(12)5/h7-10,12H,6H2,1-5H3,(H,14,16). The number of amides is 1. The Morgan fingerprint density at radius 2 is 1.76 bits per heavy atom. The number of Topliss-reactive ketones (excluding diaryl/α,β-unsaturated/α-hetero) is 1. The number of hydrogen-bond acceptors (Lipinski definition) is 3. The first-order chi connectivity index (χ1) is 7.84. The normalized spacial score (nSPS) is 32.8. The van der Waals surface area contributed by atoms with Crippen molar-refractivity contribution in [2.75, 3.05) is 6.54 Å². The van der Waals surface area contributed by atoms with Gasteiger partial charge in [0, 0.05) is 5.92 Å². The maximum Gasteiger partial charge on any atom is 0.226 e. The first-order valence-electron chi connectivity index (χ1n) is 6.30. The Bertz CT molecular complexity index is 301. The van der Waals surface area contributed by atoms with E-state index in [1.54, 1.807) is 0 Å². The Hall–Kier alpha value is -0.900. The van der Waals surface area contributed by atoms with E-state index in [2.05, 4.69) is 5.32 Å². The number of hydrogen-bond donors (Lipinski definition) is 1. The van der Waals surface area contributed by atoms with Gasteiger partial charge in [0.25, 0.3) is 0 Å². The Morgan fingerprint density at radius 3 is 2.18 bits per heavy atom. The summed E-state index contributed by atoms with van der Waals surface area (Å²) < 4.78 is 5.62. The van der Waals surface area contributed by atoms with Gasteiger partial charge in [0.15, 0.2) is 5.78 Å². The van der Waals surface area contributed by atoms with Gasteiger partial charge in [0.2, 0.25) is 5.91 Å². The van der Waals surface area contributed by atoms with Crippen LogP contribution < -0.4 is 5.32 Å². The molecule has 17 heavy (non-hydrogen) atoms. The average molecular weight is 241 g/mol. The van der Waals surface area contributed by atoms with Gasteiger partial charge in [-0.2, -0.15) is 0 Å². The predicted octanol–water partition coefficient (Wildman–Crippen LogP) is 1.39. The molecule has 1 saturated heterocycles. The van der Waals surface area contributed by atoms with Crippen LogP contribution in [-0.4, -0.2) is 30.4 Å². The highest BCUT2D eigenvalue weighted by Gasteiger charge is 2.41.